The Morgan fingerprint density at radius 1 is 1.44 bits per heavy atom. The molecule has 0 saturated carbocycles. The Hall–Kier alpha value is 0.506. The van der Waals surface area contributed by atoms with E-state index in [2.05, 4.69) is 32.4 Å². The van der Waals surface area contributed by atoms with Gasteiger partial charge in [0.1, 0.15) is 0 Å². The predicted molar refractivity (Wildman–Crippen MR) is 47.1 cm³/mol. The number of allylic oxidation sites excluding steroid dienone is 2. The van der Waals surface area contributed by atoms with Gasteiger partial charge in [-0.15, -0.1) is 0 Å². The molecule has 0 nitrogen and oxygen atoms in total. The molecule has 0 fully saturated rings. The summed E-state index contributed by atoms with van der Waals surface area (Å²) in [4.78, 5) is 0. The molecule has 0 aromatic carbocycles. The van der Waals surface area contributed by atoms with Crippen LogP contribution in [0.3, 0.4) is 0 Å². The van der Waals surface area contributed by atoms with Gasteiger partial charge >= 0.3 is 23.1 Å². The van der Waals surface area contributed by atoms with Crippen LogP contribution in [0.1, 0.15) is 27.2 Å². The minimum absolute atomic E-state index is 0. The molecular weight excluding hydrogens is 120 g/mol. The van der Waals surface area contributed by atoms with Crippen molar-refractivity contribution in [3.05, 3.63) is 18.6 Å². The van der Waals surface area contributed by atoms with Crippen LogP contribution in [0.15, 0.2) is 12.2 Å². The Bertz CT molecular complexity index is 67.0. The maximum Gasteiger partial charge on any atom is 0.316 e. The zero-order chi connectivity index (χ0) is 6.41. The van der Waals surface area contributed by atoms with Crippen LogP contribution < -0.4 is 0 Å². The van der Waals surface area contributed by atoms with Gasteiger partial charge in [0.2, 0.25) is 0 Å². The normalized spacial score (nSPS) is 13.2. The third-order valence-corrected chi connectivity index (χ3v) is 1.28. The average molecular weight is 138 g/mol. The maximum atomic E-state index is 2.22. The van der Waals surface area contributed by atoms with Crippen molar-refractivity contribution in [2.75, 3.05) is 0 Å². The van der Waals surface area contributed by atoms with Crippen LogP contribution in [0.2, 0.25) is 0 Å². The Morgan fingerprint density at radius 2 is 2.00 bits per heavy atom. The van der Waals surface area contributed by atoms with Crippen LogP contribution in [0, 0.1) is 12.3 Å². The zero-order valence-corrected chi connectivity index (χ0v) is 6.02. The molecule has 51 valence electrons. The highest BCUT2D eigenvalue weighted by molar-refractivity contribution is 5.75. The second-order valence-corrected chi connectivity index (χ2v) is 2.10. The highest BCUT2D eigenvalue weighted by Crippen LogP contribution is 2.04. The Morgan fingerprint density at radius 3 is 2.33 bits per heavy atom. The predicted octanol–water partition coefficient (Wildman–Crippen LogP) is 1.90. The fourth-order valence-corrected chi connectivity index (χ4v) is 0.437. The number of hydrogen-bond donors (Lipinski definition) is 0. The van der Waals surface area contributed by atoms with Gasteiger partial charge in [0.05, 0.1) is 0 Å². The topological polar surface area (TPSA) is 0 Å². The van der Waals surface area contributed by atoms with Crippen LogP contribution >= 0.6 is 0 Å². The Balaban J connectivity index is 0. The standard InChI is InChI=1S/C8H15.Mg.2H/c1-4-6-7-8(3)5-2;;;/h4,6-8H,5H2,1-3H3;;;/b6-4+;;;. The Labute approximate surface area is 74.9 Å². The smallest absolute Gasteiger partial charge is 0.0914 e. The molecule has 0 aliphatic heterocycles. The van der Waals surface area contributed by atoms with E-state index in [0.717, 1.165) is 5.92 Å². The van der Waals surface area contributed by atoms with Gasteiger partial charge < -0.3 is 0 Å². The summed E-state index contributed by atoms with van der Waals surface area (Å²) in [5.74, 6) is 0.742. The van der Waals surface area contributed by atoms with E-state index >= 15 is 0 Å². The summed E-state index contributed by atoms with van der Waals surface area (Å²) in [6.07, 6.45) is 7.63. The van der Waals surface area contributed by atoms with E-state index in [1.807, 2.05) is 6.92 Å². The third kappa shape index (κ3) is 8.51. The minimum atomic E-state index is 0. The summed E-state index contributed by atoms with van der Waals surface area (Å²) in [5.41, 5.74) is 0. The third-order valence-electron chi connectivity index (χ3n) is 1.28. The quantitative estimate of drug-likeness (QED) is 0.521. The first-order valence-electron chi connectivity index (χ1n) is 3.27. The molecule has 0 heterocycles. The largest absolute Gasteiger partial charge is 0.316 e. The first-order chi connectivity index (χ1) is 3.81. The summed E-state index contributed by atoms with van der Waals surface area (Å²) in [6, 6.07) is 0. The fraction of sp³-hybridized carbons (Fsp3) is 0.625. The van der Waals surface area contributed by atoms with Crippen molar-refractivity contribution >= 4 is 23.1 Å². The average Bonchev–Trinajstić information content (AvgIpc) is 1.83. The molecule has 1 unspecified atom stereocenters. The van der Waals surface area contributed by atoms with Gasteiger partial charge in [-0.1, -0.05) is 32.4 Å². The van der Waals surface area contributed by atoms with Gasteiger partial charge in [-0.3, -0.25) is 0 Å². The second kappa shape index (κ2) is 8.51. The molecule has 1 heteroatoms. The first kappa shape index (κ1) is 12.2. The first-order valence-corrected chi connectivity index (χ1v) is 3.27. The molecule has 0 rings (SSSR count). The van der Waals surface area contributed by atoms with Crippen molar-refractivity contribution in [3.63, 3.8) is 0 Å². The lowest BCUT2D eigenvalue weighted by atomic mass is 10.1. The van der Waals surface area contributed by atoms with Gasteiger partial charge in [0, 0.05) is 0 Å². The van der Waals surface area contributed by atoms with E-state index in [1.54, 1.807) is 0 Å². The molecular formula is C8H17Mg. The van der Waals surface area contributed by atoms with Crippen molar-refractivity contribution in [1.29, 1.82) is 0 Å². The highest BCUT2D eigenvalue weighted by Gasteiger charge is 1.91. The SMILES string of the molecule is C/C=C/[CH]C(C)CC.[MgH2]. The van der Waals surface area contributed by atoms with Crippen molar-refractivity contribution in [3.8, 4) is 0 Å². The van der Waals surface area contributed by atoms with E-state index in [0.29, 0.717) is 0 Å². The molecule has 0 aromatic rings. The van der Waals surface area contributed by atoms with Crippen LogP contribution in [0.25, 0.3) is 0 Å². The lowest BCUT2D eigenvalue weighted by Gasteiger charge is -2.00. The van der Waals surface area contributed by atoms with Crippen LogP contribution in [-0.4, -0.2) is 23.1 Å². The Kier molecular flexibility index (Phi) is 11.5. The molecule has 0 aliphatic rings. The van der Waals surface area contributed by atoms with Crippen LogP contribution in [0.4, 0.5) is 0 Å². The summed E-state index contributed by atoms with van der Waals surface area (Å²) in [6.45, 7) is 6.46. The van der Waals surface area contributed by atoms with Gasteiger partial charge in [0.25, 0.3) is 0 Å². The van der Waals surface area contributed by atoms with Crippen LogP contribution in [-0.2, 0) is 0 Å². The van der Waals surface area contributed by atoms with E-state index in [-0.39, 0.29) is 23.1 Å². The van der Waals surface area contributed by atoms with Crippen molar-refractivity contribution in [1.82, 2.24) is 0 Å². The van der Waals surface area contributed by atoms with E-state index < -0.39 is 0 Å². The minimum Gasteiger partial charge on any atom is -0.0914 e. The van der Waals surface area contributed by atoms with E-state index in [9.17, 15) is 0 Å². The van der Waals surface area contributed by atoms with Crippen LogP contribution in [0.5, 0.6) is 0 Å². The molecule has 0 aromatic heterocycles. The highest BCUT2D eigenvalue weighted by atomic mass is 24.3. The van der Waals surface area contributed by atoms with E-state index in [1.165, 1.54) is 6.42 Å². The van der Waals surface area contributed by atoms with Gasteiger partial charge in [-0.2, -0.15) is 0 Å². The van der Waals surface area contributed by atoms with Gasteiger partial charge in [-0.05, 0) is 19.3 Å². The van der Waals surface area contributed by atoms with Crippen molar-refractivity contribution in [2.24, 2.45) is 5.92 Å². The molecule has 0 spiro atoms. The molecule has 0 saturated heterocycles. The molecule has 0 amide bonds. The molecule has 1 atom stereocenters. The van der Waals surface area contributed by atoms with Crippen molar-refractivity contribution in [2.45, 2.75) is 27.2 Å². The van der Waals surface area contributed by atoms with Gasteiger partial charge in [-0.25, -0.2) is 0 Å². The number of hydrogen-bond acceptors (Lipinski definition) is 0. The zero-order valence-electron chi connectivity index (χ0n) is 6.02. The summed E-state index contributed by atoms with van der Waals surface area (Å²) < 4.78 is 0. The van der Waals surface area contributed by atoms with Crippen molar-refractivity contribution < 1.29 is 0 Å². The molecule has 0 bridgehead atoms. The summed E-state index contributed by atoms with van der Waals surface area (Å²) in [5, 5.41) is 0. The lowest BCUT2D eigenvalue weighted by Crippen LogP contribution is -1.88. The fourth-order valence-electron chi connectivity index (χ4n) is 0.437. The summed E-state index contributed by atoms with van der Waals surface area (Å²) in [7, 11) is 0. The molecule has 9 heavy (non-hydrogen) atoms. The monoisotopic (exact) mass is 137 g/mol. The molecule has 1 radical (unpaired) electrons. The molecule has 0 N–H and O–H groups in total. The number of rotatable bonds is 3. The lowest BCUT2D eigenvalue weighted by molar-refractivity contribution is 0.664. The maximum absolute atomic E-state index is 2.22. The molecule has 0 aliphatic carbocycles. The summed E-state index contributed by atoms with van der Waals surface area (Å²) >= 11 is 0. The van der Waals surface area contributed by atoms with Gasteiger partial charge in [0.15, 0.2) is 0 Å². The second-order valence-electron chi connectivity index (χ2n) is 2.10. The van der Waals surface area contributed by atoms with E-state index in [4.69, 9.17) is 0 Å².